The van der Waals surface area contributed by atoms with Gasteiger partial charge in [0.15, 0.2) is 0 Å². The first-order valence-corrected chi connectivity index (χ1v) is 5.37. The molecule has 1 N–H and O–H groups in total. The van der Waals surface area contributed by atoms with E-state index >= 15 is 0 Å². The lowest BCUT2D eigenvalue weighted by Crippen LogP contribution is -2.33. The van der Waals surface area contributed by atoms with Crippen LogP contribution in [0.15, 0.2) is 28.8 Å². The lowest BCUT2D eigenvalue weighted by molar-refractivity contribution is 0.675. The molecule has 15 heavy (non-hydrogen) atoms. The first kappa shape index (κ1) is 8.86. The predicted octanol–water partition coefficient (Wildman–Crippen LogP) is 2.00. The Morgan fingerprint density at radius 3 is 2.93 bits per heavy atom. The van der Waals surface area contributed by atoms with Gasteiger partial charge in [-0.25, -0.2) is 0 Å². The molecule has 0 saturated carbocycles. The van der Waals surface area contributed by atoms with Gasteiger partial charge in [0.25, 0.3) is 0 Å². The number of aliphatic imine (C=N–C) groups is 1. The number of rotatable bonds is 1. The monoisotopic (exact) mass is 198 g/mol. The molecule has 2 heterocycles. The third-order valence-electron chi connectivity index (χ3n) is 3.08. The van der Waals surface area contributed by atoms with E-state index in [9.17, 15) is 0 Å². The van der Waals surface area contributed by atoms with Crippen molar-refractivity contribution >= 4 is 11.8 Å². The lowest BCUT2D eigenvalue weighted by atomic mass is 10.0. The fourth-order valence-corrected chi connectivity index (χ4v) is 2.08. The Kier molecular flexibility index (Phi) is 1.96. The molecule has 0 spiro atoms. The summed E-state index contributed by atoms with van der Waals surface area (Å²) >= 11 is 0. The van der Waals surface area contributed by atoms with Crippen LogP contribution in [0.1, 0.15) is 23.6 Å². The van der Waals surface area contributed by atoms with E-state index in [0.29, 0.717) is 0 Å². The van der Waals surface area contributed by atoms with Gasteiger partial charge in [-0.2, -0.15) is 0 Å². The summed E-state index contributed by atoms with van der Waals surface area (Å²) in [7, 11) is 0. The molecule has 0 unspecified atom stereocenters. The van der Waals surface area contributed by atoms with Crippen LogP contribution in [0.5, 0.6) is 0 Å². The molecule has 1 saturated heterocycles. The van der Waals surface area contributed by atoms with Crippen molar-refractivity contribution < 1.29 is 0 Å². The van der Waals surface area contributed by atoms with Crippen LogP contribution in [0.25, 0.3) is 6.08 Å². The molecule has 2 heteroatoms. The number of nitrogens with zero attached hydrogens (tertiary/aromatic N) is 1. The minimum Gasteiger partial charge on any atom is -0.309 e. The molecule has 3 rings (SSSR count). The standard InChI is InChI=1S/C13H14N2/c1-9-13-3-2-10(4-11-6-14-7-11)5-12(13)8-15-9/h2-5,14H,6-8H2,1H3. The maximum atomic E-state index is 4.44. The topological polar surface area (TPSA) is 24.4 Å². The van der Waals surface area contributed by atoms with Crippen LogP contribution in [-0.4, -0.2) is 18.8 Å². The van der Waals surface area contributed by atoms with Crippen LogP contribution < -0.4 is 5.32 Å². The smallest absolute Gasteiger partial charge is 0.0649 e. The van der Waals surface area contributed by atoms with Crippen molar-refractivity contribution in [1.82, 2.24) is 5.32 Å². The molecule has 0 amide bonds. The van der Waals surface area contributed by atoms with Crippen molar-refractivity contribution in [2.45, 2.75) is 13.5 Å². The fraction of sp³-hybridized carbons (Fsp3) is 0.308. The van der Waals surface area contributed by atoms with Crippen molar-refractivity contribution in [3.63, 3.8) is 0 Å². The highest BCUT2D eigenvalue weighted by atomic mass is 14.9. The zero-order valence-electron chi connectivity index (χ0n) is 8.88. The molecule has 0 atom stereocenters. The molecule has 0 bridgehead atoms. The average molecular weight is 198 g/mol. The molecule has 0 radical (unpaired) electrons. The Morgan fingerprint density at radius 1 is 1.33 bits per heavy atom. The molecule has 2 aliphatic heterocycles. The van der Waals surface area contributed by atoms with Crippen LogP contribution >= 0.6 is 0 Å². The summed E-state index contributed by atoms with van der Waals surface area (Å²) in [5, 5.41) is 3.25. The van der Waals surface area contributed by atoms with Gasteiger partial charge < -0.3 is 5.32 Å². The molecule has 0 aromatic heterocycles. The second-order valence-corrected chi connectivity index (χ2v) is 4.22. The Hall–Kier alpha value is -1.41. The summed E-state index contributed by atoms with van der Waals surface area (Å²) in [4.78, 5) is 4.44. The van der Waals surface area contributed by atoms with E-state index in [1.54, 1.807) is 0 Å². The predicted molar refractivity (Wildman–Crippen MR) is 63.2 cm³/mol. The lowest BCUT2D eigenvalue weighted by Gasteiger charge is -2.18. The van der Waals surface area contributed by atoms with Crippen molar-refractivity contribution in [2.75, 3.05) is 13.1 Å². The van der Waals surface area contributed by atoms with Crippen LogP contribution in [-0.2, 0) is 6.54 Å². The largest absolute Gasteiger partial charge is 0.309 e. The minimum atomic E-state index is 0.858. The summed E-state index contributed by atoms with van der Waals surface area (Å²) < 4.78 is 0. The van der Waals surface area contributed by atoms with E-state index in [4.69, 9.17) is 0 Å². The van der Waals surface area contributed by atoms with Gasteiger partial charge >= 0.3 is 0 Å². The fourth-order valence-electron chi connectivity index (χ4n) is 2.08. The average Bonchev–Trinajstić information content (AvgIpc) is 2.54. The van der Waals surface area contributed by atoms with Gasteiger partial charge in [-0.15, -0.1) is 0 Å². The van der Waals surface area contributed by atoms with Crippen molar-refractivity contribution in [3.05, 3.63) is 40.5 Å². The Morgan fingerprint density at radius 2 is 2.20 bits per heavy atom. The minimum absolute atomic E-state index is 0.858. The van der Waals surface area contributed by atoms with E-state index in [1.807, 2.05) is 0 Å². The summed E-state index contributed by atoms with van der Waals surface area (Å²) in [6, 6.07) is 6.65. The molecule has 2 aliphatic rings. The molecule has 1 fully saturated rings. The summed E-state index contributed by atoms with van der Waals surface area (Å²) in [5.74, 6) is 0. The summed E-state index contributed by atoms with van der Waals surface area (Å²) in [6.07, 6.45) is 2.28. The summed E-state index contributed by atoms with van der Waals surface area (Å²) in [6.45, 7) is 5.04. The number of benzene rings is 1. The van der Waals surface area contributed by atoms with Gasteiger partial charge in [0, 0.05) is 24.4 Å². The highest BCUT2D eigenvalue weighted by Crippen LogP contribution is 2.21. The van der Waals surface area contributed by atoms with E-state index in [1.165, 1.54) is 28.0 Å². The maximum Gasteiger partial charge on any atom is 0.0649 e. The van der Waals surface area contributed by atoms with Gasteiger partial charge in [0.05, 0.1) is 6.54 Å². The Balaban J connectivity index is 1.94. The van der Waals surface area contributed by atoms with E-state index in [0.717, 1.165) is 19.6 Å². The highest BCUT2D eigenvalue weighted by molar-refractivity contribution is 6.02. The number of hydrogen-bond acceptors (Lipinski definition) is 2. The zero-order chi connectivity index (χ0) is 10.3. The number of hydrogen-bond donors (Lipinski definition) is 1. The third kappa shape index (κ3) is 1.51. The normalized spacial score (nSPS) is 18.2. The SMILES string of the molecule is CC1=NCc2cc(C=C3CNC3)ccc21. The van der Waals surface area contributed by atoms with Gasteiger partial charge in [0.2, 0.25) is 0 Å². The second kappa shape index (κ2) is 3.31. The van der Waals surface area contributed by atoms with Crippen molar-refractivity contribution in [3.8, 4) is 0 Å². The Labute approximate surface area is 89.7 Å². The van der Waals surface area contributed by atoms with Gasteiger partial charge in [-0.1, -0.05) is 18.2 Å². The van der Waals surface area contributed by atoms with E-state index in [-0.39, 0.29) is 0 Å². The second-order valence-electron chi connectivity index (χ2n) is 4.22. The first-order valence-electron chi connectivity index (χ1n) is 5.37. The molecular weight excluding hydrogens is 184 g/mol. The number of fused-ring (bicyclic) bond motifs is 1. The van der Waals surface area contributed by atoms with Crippen molar-refractivity contribution in [2.24, 2.45) is 4.99 Å². The van der Waals surface area contributed by atoms with Crippen LogP contribution in [0.3, 0.4) is 0 Å². The number of nitrogens with one attached hydrogen (secondary N) is 1. The molecule has 1 aromatic rings. The maximum absolute atomic E-state index is 4.44. The first-order chi connectivity index (χ1) is 7.33. The van der Waals surface area contributed by atoms with Crippen molar-refractivity contribution in [1.29, 1.82) is 0 Å². The van der Waals surface area contributed by atoms with Gasteiger partial charge in [0.1, 0.15) is 0 Å². The summed E-state index contributed by atoms with van der Waals surface area (Å²) in [5.41, 5.74) is 6.67. The van der Waals surface area contributed by atoms with Gasteiger partial charge in [-0.3, -0.25) is 4.99 Å². The van der Waals surface area contributed by atoms with Crippen LogP contribution in [0.2, 0.25) is 0 Å². The zero-order valence-corrected chi connectivity index (χ0v) is 8.88. The molecular formula is C13H14N2. The molecule has 76 valence electrons. The highest BCUT2D eigenvalue weighted by Gasteiger charge is 2.12. The van der Waals surface area contributed by atoms with Crippen LogP contribution in [0.4, 0.5) is 0 Å². The van der Waals surface area contributed by atoms with Crippen LogP contribution in [0, 0.1) is 0 Å². The molecule has 2 nitrogen and oxygen atoms in total. The van der Waals surface area contributed by atoms with E-state index in [2.05, 4.69) is 41.5 Å². The third-order valence-corrected chi connectivity index (χ3v) is 3.08. The Bertz CT molecular complexity index is 463. The van der Waals surface area contributed by atoms with Gasteiger partial charge in [-0.05, 0) is 29.7 Å². The quantitative estimate of drug-likeness (QED) is 0.733. The molecule has 0 aliphatic carbocycles. The van der Waals surface area contributed by atoms with E-state index < -0.39 is 0 Å². The molecule has 1 aromatic carbocycles.